The van der Waals surface area contributed by atoms with Crippen molar-refractivity contribution in [1.82, 2.24) is 4.57 Å². The van der Waals surface area contributed by atoms with Crippen LogP contribution < -0.4 is 0 Å². The van der Waals surface area contributed by atoms with Crippen molar-refractivity contribution in [2.24, 2.45) is 7.05 Å². The van der Waals surface area contributed by atoms with Gasteiger partial charge in [0.15, 0.2) is 0 Å². The van der Waals surface area contributed by atoms with Gasteiger partial charge in [-0.25, -0.2) is 8.78 Å². The van der Waals surface area contributed by atoms with Crippen LogP contribution in [0.15, 0.2) is 30.3 Å². The van der Waals surface area contributed by atoms with Crippen molar-refractivity contribution in [2.45, 2.75) is 26.4 Å². The zero-order valence-electron chi connectivity index (χ0n) is 14.9. The van der Waals surface area contributed by atoms with Crippen molar-refractivity contribution >= 4 is 39.9 Å². The van der Waals surface area contributed by atoms with Crippen LogP contribution >= 0.6 is 23.2 Å². The van der Waals surface area contributed by atoms with E-state index >= 15 is 0 Å². The fourth-order valence-corrected chi connectivity index (χ4v) is 3.74. The van der Waals surface area contributed by atoms with Crippen LogP contribution in [0.1, 0.15) is 39.7 Å². The molecule has 3 rings (SSSR count). The summed E-state index contributed by atoms with van der Waals surface area (Å²) in [4.78, 5) is 13.1. The minimum atomic E-state index is -2.99. The van der Waals surface area contributed by atoms with Gasteiger partial charge in [-0.15, -0.1) is 0 Å². The first-order valence-electron chi connectivity index (χ1n) is 8.17. The highest BCUT2D eigenvalue weighted by atomic mass is 35.5. The average Bonchev–Trinajstić information content (AvgIpc) is 2.92. The Morgan fingerprint density at radius 3 is 2.48 bits per heavy atom. The first kappa shape index (κ1) is 19.8. The van der Waals surface area contributed by atoms with Gasteiger partial charge in [0.05, 0.1) is 27.9 Å². The summed E-state index contributed by atoms with van der Waals surface area (Å²) in [6, 6.07) is 7.48. The molecule has 27 heavy (non-hydrogen) atoms. The number of carbonyl (C=O) groups excluding carboxylic acids is 1. The monoisotopic (exact) mass is 411 g/mol. The third kappa shape index (κ3) is 3.35. The molecule has 0 fully saturated rings. The number of fused-ring (bicyclic) bond motifs is 1. The molecule has 0 aliphatic rings. The van der Waals surface area contributed by atoms with E-state index in [9.17, 15) is 18.7 Å². The lowest BCUT2D eigenvalue weighted by atomic mass is 10.0. The van der Waals surface area contributed by atoms with Gasteiger partial charge in [-0.05, 0) is 42.3 Å². The van der Waals surface area contributed by atoms with Crippen LogP contribution in [0.5, 0.6) is 0 Å². The molecule has 2 aromatic carbocycles. The van der Waals surface area contributed by atoms with E-state index in [0.29, 0.717) is 22.0 Å². The molecule has 7 heteroatoms. The summed E-state index contributed by atoms with van der Waals surface area (Å²) in [7, 11) is 1.63. The van der Waals surface area contributed by atoms with Gasteiger partial charge in [0.2, 0.25) is 5.78 Å². The first-order chi connectivity index (χ1) is 12.6. The lowest BCUT2D eigenvalue weighted by Gasteiger charge is -2.13. The summed E-state index contributed by atoms with van der Waals surface area (Å²) in [6.07, 6.45) is 0. The number of ketones is 1. The SMILES string of the molecule is Cc1cc(C(C)(F)F)cc2c1cc(C(=O)c1c(Cl)ccc(CO)c1Cl)n2C. The maximum Gasteiger partial charge on any atom is 0.270 e. The van der Waals surface area contributed by atoms with Crippen LogP contribution in [-0.4, -0.2) is 15.5 Å². The van der Waals surface area contributed by atoms with E-state index in [0.717, 1.165) is 6.92 Å². The van der Waals surface area contributed by atoms with Crippen LogP contribution in [-0.2, 0) is 19.6 Å². The quantitative estimate of drug-likeness (QED) is 0.565. The number of aromatic nitrogens is 1. The number of hydrogen-bond acceptors (Lipinski definition) is 2. The molecule has 0 saturated carbocycles. The van der Waals surface area contributed by atoms with Gasteiger partial charge < -0.3 is 9.67 Å². The number of carbonyl (C=O) groups is 1. The fourth-order valence-electron chi connectivity index (χ4n) is 3.13. The minimum Gasteiger partial charge on any atom is -0.392 e. The highest BCUT2D eigenvalue weighted by Crippen LogP contribution is 2.35. The molecule has 1 heterocycles. The number of aliphatic hydroxyl groups is 1. The molecule has 3 nitrogen and oxygen atoms in total. The smallest absolute Gasteiger partial charge is 0.270 e. The third-order valence-corrected chi connectivity index (χ3v) is 5.42. The number of aryl methyl sites for hydroxylation is 2. The molecule has 0 bridgehead atoms. The summed E-state index contributed by atoms with van der Waals surface area (Å²) in [5.41, 5.74) is 1.76. The predicted octanol–water partition coefficient (Wildman–Crippen LogP) is 5.63. The molecule has 0 saturated heterocycles. The van der Waals surface area contributed by atoms with Gasteiger partial charge in [0, 0.05) is 30.4 Å². The molecule has 0 aliphatic carbocycles. The van der Waals surface area contributed by atoms with E-state index in [1.165, 1.54) is 18.2 Å². The van der Waals surface area contributed by atoms with E-state index in [4.69, 9.17) is 23.2 Å². The predicted molar refractivity (Wildman–Crippen MR) is 103 cm³/mol. The standard InChI is InChI=1S/C20H17Cl2F2NO2/c1-10-6-12(20(2,23)24)7-15-13(10)8-16(25(15)3)19(27)17-14(21)5-4-11(9-26)18(17)22/h4-8,26H,9H2,1-3H3. The number of halogens is 4. The molecular formula is C20H17Cl2F2NO2. The zero-order valence-corrected chi connectivity index (χ0v) is 16.4. The Hall–Kier alpha value is -1.95. The second-order valence-corrected chi connectivity index (χ2v) is 7.37. The highest BCUT2D eigenvalue weighted by Gasteiger charge is 2.27. The van der Waals surface area contributed by atoms with E-state index < -0.39 is 11.7 Å². The number of nitrogens with zero attached hydrogens (tertiary/aromatic N) is 1. The first-order valence-corrected chi connectivity index (χ1v) is 8.92. The molecule has 1 N–H and O–H groups in total. The maximum atomic E-state index is 13.8. The molecular weight excluding hydrogens is 395 g/mol. The molecule has 142 valence electrons. The van der Waals surface area contributed by atoms with Crippen LogP contribution in [0, 0.1) is 6.92 Å². The Morgan fingerprint density at radius 2 is 1.89 bits per heavy atom. The number of benzene rings is 2. The second-order valence-electron chi connectivity index (χ2n) is 6.59. The van der Waals surface area contributed by atoms with E-state index in [1.807, 2.05) is 0 Å². The molecule has 0 spiro atoms. The second kappa shape index (κ2) is 6.89. The van der Waals surface area contributed by atoms with Crippen LogP contribution in [0.25, 0.3) is 10.9 Å². The van der Waals surface area contributed by atoms with Gasteiger partial charge in [-0.3, -0.25) is 4.79 Å². The number of aliphatic hydroxyl groups excluding tert-OH is 1. The molecule has 0 atom stereocenters. The summed E-state index contributed by atoms with van der Waals surface area (Å²) in [5.74, 6) is -3.43. The Kier molecular flexibility index (Phi) is 5.06. The van der Waals surface area contributed by atoms with Crippen molar-refractivity contribution in [2.75, 3.05) is 0 Å². The third-order valence-electron chi connectivity index (χ3n) is 4.68. The summed E-state index contributed by atoms with van der Waals surface area (Å²) >= 11 is 12.4. The largest absolute Gasteiger partial charge is 0.392 e. The van der Waals surface area contributed by atoms with E-state index in [2.05, 4.69) is 0 Å². The Balaban J connectivity index is 2.23. The number of alkyl halides is 2. The van der Waals surface area contributed by atoms with Crippen molar-refractivity contribution in [3.05, 3.63) is 68.3 Å². The summed E-state index contributed by atoms with van der Waals surface area (Å²) in [5, 5.41) is 10.3. The van der Waals surface area contributed by atoms with Crippen molar-refractivity contribution in [1.29, 1.82) is 0 Å². The minimum absolute atomic E-state index is 0.0782. The van der Waals surface area contributed by atoms with Crippen molar-refractivity contribution < 1.29 is 18.7 Å². The molecule has 3 aromatic rings. The Labute approximate surface area is 165 Å². The molecule has 0 unspecified atom stereocenters. The molecule has 1 aromatic heterocycles. The average molecular weight is 412 g/mol. The van der Waals surface area contributed by atoms with E-state index in [-0.39, 0.29) is 33.5 Å². The topological polar surface area (TPSA) is 42.2 Å². The van der Waals surface area contributed by atoms with Crippen LogP contribution in [0.4, 0.5) is 8.78 Å². The van der Waals surface area contributed by atoms with Crippen LogP contribution in [0.2, 0.25) is 10.0 Å². The van der Waals surface area contributed by atoms with Gasteiger partial charge in [-0.1, -0.05) is 29.3 Å². The number of hydrogen-bond donors (Lipinski definition) is 1. The maximum absolute atomic E-state index is 13.8. The zero-order chi connectivity index (χ0) is 20.1. The normalized spacial score (nSPS) is 12.0. The van der Waals surface area contributed by atoms with Gasteiger partial charge in [0.1, 0.15) is 0 Å². The van der Waals surface area contributed by atoms with Crippen molar-refractivity contribution in [3.8, 4) is 0 Å². The van der Waals surface area contributed by atoms with Crippen LogP contribution in [0.3, 0.4) is 0 Å². The molecule has 0 amide bonds. The highest BCUT2D eigenvalue weighted by molar-refractivity contribution is 6.41. The fraction of sp³-hybridized carbons (Fsp3) is 0.250. The van der Waals surface area contributed by atoms with Gasteiger partial charge in [-0.2, -0.15) is 0 Å². The Bertz CT molecular complexity index is 1070. The van der Waals surface area contributed by atoms with Gasteiger partial charge in [0.25, 0.3) is 5.92 Å². The van der Waals surface area contributed by atoms with Crippen molar-refractivity contribution in [3.63, 3.8) is 0 Å². The number of rotatable bonds is 4. The van der Waals surface area contributed by atoms with E-state index in [1.54, 1.807) is 30.7 Å². The lowest BCUT2D eigenvalue weighted by molar-refractivity contribution is 0.0175. The molecule has 0 aliphatic heterocycles. The van der Waals surface area contributed by atoms with Gasteiger partial charge >= 0.3 is 0 Å². The Morgan fingerprint density at radius 1 is 1.22 bits per heavy atom. The summed E-state index contributed by atoms with van der Waals surface area (Å²) in [6.45, 7) is 2.22. The lowest BCUT2D eigenvalue weighted by Crippen LogP contribution is -2.10. The molecule has 0 radical (unpaired) electrons. The summed E-state index contributed by atoms with van der Waals surface area (Å²) < 4.78 is 29.1.